The molecule has 1 aliphatic heterocycles. The largest absolute Gasteiger partial charge is 0.387 e. The molecule has 0 spiro atoms. The standard InChI is InChI=1S/C10H16N2OS/c1-7(2)9-12-4-8(14-9)3-10(13)5-11-6-10/h4,7,11,13H,3,5-6H2,1-2H3. The molecule has 0 unspecified atom stereocenters. The molecule has 0 aliphatic carbocycles. The molecule has 1 fully saturated rings. The van der Waals surface area contributed by atoms with Crippen LogP contribution in [-0.4, -0.2) is 28.8 Å². The summed E-state index contributed by atoms with van der Waals surface area (Å²) >= 11 is 1.72. The Morgan fingerprint density at radius 1 is 1.64 bits per heavy atom. The molecular weight excluding hydrogens is 196 g/mol. The van der Waals surface area contributed by atoms with Crippen molar-refractivity contribution in [1.29, 1.82) is 0 Å². The number of hydrogen-bond donors (Lipinski definition) is 2. The van der Waals surface area contributed by atoms with Gasteiger partial charge in [0, 0.05) is 36.5 Å². The first-order valence-electron chi connectivity index (χ1n) is 4.97. The van der Waals surface area contributed by atoms with Gasteiger partial charge in [0.15, 0.2) is 0 Å². The van der Waals surface area contributed by atoms with E-state index in [0.29, 0.717) is 19.0 Å². The van der Waals surface area contributed by atoms with Gasteiger partial charge in [-0.15, -0.1) is 11.3 Å². The minimum Gasteiger partial charge on any atom is -0.387 e. The van der Waals surface area contributed by atoms with Gasteiger partial charge in [-0.3, -0.25) is 0 Å². The molecule has 14 heavy (non-hydrogen) atoms. The number of nitrogens with zero attached hydrogens (tertiary/aromatic N) is 1. The zero-order valence-corrected chi connectivity index (χ0v) is 9.40. The van der Waals surface area contributed by atoms with Crippen molar-refractivity contribution in [2.75, 3.05) is 13.1 Å². The topological polar surface area (TPSA) is 45.2 Å². The molecule has 2 heterocycles. The first-order chi connectivity index (χ1) is 6.59. The van der Waals surface area contributed by atoms with Crippen molar-refractivity contribution in [2.24, 2.45) is 0 Å². The number of β-amino-alcohol motifs (C(OH)–C–C–N with tert-alkyl or cyclic N) is 1. The summed E-state index contributed by atoms with van der Waals surface area (Å²) in [5, 5.41) is 14.2. The van der Waals surface area contributed by atoms with Gasteiger partial charge in [-0.2, -0.15) is 0 Å². The van der Waals surface area contributed by atoms with Crippen molar-refractivity contribution in [2.45, 2.75) is 31.8 Å². The van der Waals surface area contributed by atoms with Crippen molar-refractivity contribution in [3.63, 3.8) is 0 Å². The van der Waals surface area contributed by atoms with Gasteiger partial charge < -0.3 is 10.4 Å². The third-order valence-electron chi connectivity index (χ3n) is 2.48. The molecule has 2 rings (SSSR count). The molecule has 0 bridgehead atoms. The Bertz CT molecular complexity index is 318. The summed E-state index contributed by atoms with van der Waals surface area (Å²) in [6.07, 6.45) is 2.64. The summed E-state index contributed by atoms with van der Waals surface area (Å²) in [5.74, 6) is 0.489. The Morgan fingerprint density at radius 2 is 2.36 bits per heavy atom. The van der Waals surface area contributed by atoms with Crippen molar-refractivity contribution < 1.29 is 5.11 Å². The lowest BCUT2D eigenvalue weighted by atomic mass is 9.93. The quantitative estimate of drug-likeness (QED) is 0.790. The number of hydrogen-bond acceptors (Lipinski definition) is 4. The summed E-state index contributed by atoms with van der Waals surface area (Å²) in [7, 11) is 0. The molecule has 0 atom stereocenters. The van der Waals surface area contributed by atoms with Gasteiger partial charge in [0.1, 0.15) is 0 Å². The zero-order valence-electron chi connectivity index (χ0n) is 8.58. The molecule has 1 aromatic heterocycles. The van der Waals surface area contributed by atoms with Crippen molar-refractivity contribution in [1.82, 2.24) is 10.3 Å². The van der Waals surface area contributed by atoms with Crippen LogP contribution in [-0.2, 0) is 6.42 Å². The maximum Gasteiger partial charge on any atom is 0.0953 e. The highest BCUT2D eigenvalue weighted by atomic mass is 32.1. The van der Waals surface area contributed by atoms with Crippen LogP contribution in [0.4, 0.5) is 0 Å². The molecule has 78 valence electrons. The smallest absolute Gasteiger partial charge is 0.0953 e. The summed E-state index contributed by atoms with van der Waals surface area (Å²) in [6.45, 7) is 5.70. The van der Waals surface area contributed by atoms with Gasteiger partial charge in [-0.1, -0.05) is 13.8 Å². The lowest BCUT2D eigenvalue weighted by molar-refractivity contribution is -0.00837. The minimum atomic E-state index is -0.513. The SMILES string of the molecule is CC(C)c1ncc(CC2(O)CNC2)s1. The van der Waals surface area contributed by atoms with Crippen molar-refractivity contribution in [3.8, 4) is 0 Å². The maximum atomic E-state index is 9.93. The average Bonchev–Trinajstić information content (AvgIpc) is 2.50. The summed E-state index contributed by atoms with van der Waals surface area (Å²) in [6, 6.07) is 0. The van der Waals surface area contributed by atoms with E-state index < -0.39 is 5.60 Å². The van der Waals surface area contributed by atoms with Crippen molar-refractivity contribution in [3.05, 3.63) is 16.1 Å². The molecule has 0 amide bonds. The van der Waals surface area contributed by atoms with Gasteiger partial charge >= 0.3 is 0 Å². The Balaban J connectivity index is 2.02. The summed E-state index contributed by atoms with van der Waals surface area (Å²) in [4.78, 5) is 5.54. The van der Waals surface area contributed by atoms with Crippen LogP contribution in [0.15, 0.2) is 6.20 Å². The highest BCUT2D eigenvalue weighted by Crippen LogP contribution is 2.25. The summed E-state index contributed by atoms with van der Waals surface area (Å²) < 4.78 is 0. The van der Waals surface area contributed by atoms with Crippen LogP contribution in [0.1, 0.15) is 29.7 Å². The first-order valence-corrected chi connectivity index (χ1v) is 5.78. The number of aromatic nitrogens is 1. The van der Waals surface area contributed by atoms with E-state index in [1.807, 2.05) is 6.20 Å². The highest BCUT2D eigenvalue weighted by Gasteiger charge is 2.34. The second-order valence-corrected chi connectivity index (χ2v) is 5.47. The van der Waals surface area contributed by atoms with Crippen LogP contribution in [0.25, 0.3) is 0 Å². The van der Waals surface area contributed by atoms with Crippen molar-refractivity contribution >= 4 is 11.3 Å². The number of nitrogens with one attached hydrogen (secondary N) is 1. The molecule has 1 aromatic rings. The molecule has 0 radical (unpaired) electrons. The van der Waals surface area contributed by atoms with Crippen LogP contribution >= 0.6 is 11.3 Å². The Hall–Kier alpha value is -0.450. The van der Waals surface area contributed by atoms with E-state index in [2.05, 4.69) is 24.1 Å². The second-order valence-electron chi connectivity index (χ2n) is 4.32. The lowest BCUT2D eigenvalue weighted by Crippen LogP contribution is -2.60. The number of aliphatic hydroxyl groups is 1. The third kappa shape index (κ3) is 1.97. The summed E-state index contributed by atoms with van der Waals surface area (Å²) in [5.41, 5.74) is -0.513. The van der Waals surface area contributed by atoms with Crippen LogP contribution in [0.3, 0.4) is 0 Å². The fourth-order valence-corrected chi connectivity index (χ4v) is 2.59. The average molecular weight is 212 g/mol. The maximum absolute atomic E-state index is 9.93. The predicted molar refractivity (Wildman–Crippen MR) is 57.7 cm³/mol. The van der Waals surface area contributed by atoms with Gasteiger partial charge in [-0.25, -0.2) is 4.98 Å². The highest BCUT2D eigenvalue weighted by molar-refractivity contribution is 7.11. The van der Waals surface area contributed by atoms with E-state index >= 15 is 0 Å². The predicted octanol–water partition coefficient (Wildman–Crippen LogP) is 1.14. The second kappa shape index (κ2) is 3.61. The molecule has 1 saturated heterocycles. The van der Waals surface area contributed by atoms with Gasteiger partial charge in [0.2, 0.25) is 0 Å². The molecule has 2 N–H and O–H groups in total. The van der Waals surface area contributed by atoms with E-state index in [1.54, 1.807) is 11.3 Å². The van der Waals surface area contributed by atoms with Gasteiger partial charge in [0.25, 0.3) is 0 Å². The number of thiazole rings is 1. The van der Waals surface area contributed by atoms with E-state index in [1.165, 1.54) is 4.88 Å². The van der Waals surface area contributed by atoms with Gasteiger partial charge in [0.05, 0.1) is 10.6 Å². The van der Waals surface area contributed by atoms with Crippen LogP contribution in [0, 0.1) is 0 Å². The lowest BCUT2D eigenvalue weighted by Gasteiger charge is -2.37. The first kappa shape index (κ1) is 10.1. The normalized spacial score (nSPS) is 19.7. The molecule has 1 aliphatic rings. The molecule has 3 nitrogen and oxygen atoms in total. The monoisotopic (exact) mass is 212 g/mol. The van der Waals surface area contributed by atoms with Crippen LogP contribution in [0.5, 0.6) is 0 Å². The minimum absolute atomic E-state index is 0.489. The van der Waals surface area contributed by atoms with Crippen LogP contribution < -0.4 is 5.32 Å². The fraction of sp³-hybridized carbons (Fsp3) is 0.700. The third-order valence-corrected chi connectivity index (χ3v) is 3.77. The van der Waals surface area contributed by atoms with E-state index in [4.69, 9.17) is 0 Å². The van der Waals surface area contributed by atoms with E-state index in [-0.39, 0.29) is 0 Å². The van der Waals surface area contributed by atoms with E-state index in [0.717, 1.165) is 11.4 Å². The Kier molecular flexibility index (Phi) is 2.60. The number of rotatable bonds is 3. The molecule has 4 heteroatoms. The Labute approximate surface area is 88.2 Å². The van der Waals surface area contributed by atoms with Crippen LogP contribution in [0.2, 0.25) is 0 Å². The molecule has 0 aromatic carbocycles. The fourth-order valence-electron chi connectivity index (χ4n) is 1.53. The molecule has 0 saturated carbocycles. The van der Waals surface area contributed by atoms with Gasteiger partial charge in [-0.05, 0) is 0 Å². The zero-order chi connectivity index (χ0) is 10.2. The molecular formula is C10H16N2OS. The van der Waals surface area contributed by atoms with E-state index in [9.17, 15) is 5.11 Å². The Morgan fingerprint density at radius 3 is 2.79 bits per heavy atom.